The van der Waals surface area contributed by atoms with Crippen molar-refractivity contribution in [1.82, 2.24) is 4.31 Å². The molecule has 1 saturated heterocycles. The van der Waals surface area contributed by atoms with Gasteiger partial charge < -0.3 is 19.5 Å². The Labute approximate surface area is 176 Å². The molecule has 0 aromatic heterocycles. The second kappa shape index (κ2) is 9.67. The van der Waals surface area contributed by atoms with Crippen molar-refractivity contribution >= 4 is 27.3 Å². The van der Waals surface area contributed by atoms with Gasteiger partial charge in [-0.1, -0.05) is 11.6 Å². The van der Waals surface area contributed by atoms with Crippen LogP contribution in [0.5, 0.6) is 11.5 Å². The molecule has 0 spiro atoms. The molecule has 0 saturated carbocycles. The standard InChI is InChI=1S/C20H25ClN2O5S/c1-15-13-19(20(26-2)14-18(15)21)22-7-10-28-16-3-5-17(6-4-16)29(24,25)23-8-11-27-12-9-23/h3-6,13-14,22H,7-12H2,1-2H3. The summed E-state index contributed by atoms with van der Waals surface area (Å²) in [5, 5.41) is 3.91. The normalized spacial score (nSPS) is 15.1. The fraction of sp³-hybridized carbons (Fsp3) is 0.400. The molecule has 0 radical (unpaired) electrons. The average Bonchev–Trinajstić information content (AvgIpc) is 2.74. The lowest BCUT2D eigenvalue weighted by Gasteiger charge is -2.26. The van der Waals surface area contributed by atoms with E-state index in [0.717, 1.165) is 11.3 Å². The fourth-order valence-corrected chi connectivity index (χ4v) is 4.53. The topological polar surface area (TPSA) is 77.1 Å². The van der Waals surface area contributed by atoms with Gasteiger partial charge in [-0.3, -0.25) is 0 Å². The molecule has 0 aliphatic carbocycles. The second-order valence-electron chi connectivity index (χ2n) is 6.56. The van der Waals surface area contributed by atoms with Gasteiger partial charge in [0, 0.05) is 30.7 Å². The van der Waals surface area contributed by atoms with Crippen LogP contribution < -0.4 is 14.8 Å². The largest absolute Gasteiger partial charge is 0.495 e. The van der Waals surface area contributed by atoms with E-state index >= 15 is 0 Å². The van der Waals surface area contributed by atoms with Crippen LogP contribution in [0.15, 0.2) is 41.3 Å². The first-order valence-corrected chi connectivity index (χ1v) is 11.1. The summed E-state index contributed by atoms with van der Waals surface area (Å²) in [7, 11) is -1.90. The molecule has 2 aromatic rings. The van der Waals surface area contributed by atoms with Crippen LogP contribution in [0.1, 0.15) is 5.56 Å². The molecule has 0 unspecified atom stereocenters. The number of hydrogen-bond donors (Lipinski definition) is 1. The van der Waals surface area contributed by atoms with Crippen LogP contribution in [0.3, 0.4) is 0 Å². The van der Waals surface area contributed by atoms with E-state index < -0.39 is 10.0 Å². The number of ether oxygens (including phenoxy) is 3. The molecule has 0 amide bonds. The highest BCUT2D eigenvalue weighted by Crippen LogP contribution is 2.30. The number of morpholine rings is 1. The van der Waals surface area contributed by atoms with Crippen molar-refractivity contribution in [2.24, 2.45) is 0 Å². The number of halogens is 1. The van der Waals surface area contributed by atoms with Crippen LogP contribution >= 0.6 is 11.6 Å². The first kappa shape index (κ1) is 21.7. The summed E-state index contributed by atoms with van der Waals surface area (Å²) in [6.45, 7) is 4.47. The number of aryl methyl sites for hydroxylation is 1. The minimum Gasteiger partial charge on any atom is -0.495 e. The van der Waals surface area contributed by atoms with Crippen LogP contribution in [0.25, 0.3) is 0 Å². The van der Waals surface area contributed by atoms with E-state index in [4.69, 9.17) is 25.8 Å². The molecule has 7 nitrogen and oxygen atoms in total. The molecule has 158 valence electrons. The maximum Gasteiger partial charge on any atom is 0.243 e. The monoisotopic (exact) mass is 440 g/mol. The molecule has 29 heavy (non-hydrogen) atoms. The van der Waals surface area contributed by atoms with Gasteiger partial charge in [-0.05, 0) is 42.8 Å². The van der Waals surface area contributed by atoms with E-state index in [1.807, 2.05) is 13.0 Å². The molecule has 3 rings (SSSR count). The van der Waals surface area contributed by atoms with Crippen molar-refractivity contribution in [2.45, 2.75) is 11.8 Å². The first-order valence-electron chi connectivity index (χ1n) is 9.30. The summed E-state index contributed by atoms with van der Waals surface area (Å²) in [5.74, 6) is 1.27. The van der Waals surface area contributed by atoms with Gasteiger partial charge in [-0.15, -0.1) is 0 Å². The summed E-state index contributed by atoms with van der Waals surface area (Å²) in [4.78, 5) is 0.256. The maximum absolute atomic E-state index is 12.6. The molecule has 1 aliphatic heterocycles. The summed E-state index contributed by atoms with van der Waals surface area (Å²) < 4.78 is 43.0. The fourth-order valence-electron chi connectivity index (χ4n) is 2.97. The quantitative estimate of drug-likeness (QED) is 0.635. The Morgan fingerprint density at radius 3 is 2.52 bits per heavy atom. The van der Waals surface area contributed by atoms with Gasteiger partial charge in [-0.25, -0.2) is 8.42 Å². The number of anilines is 1. The van der Waals surface area contributed by atoms with Gasteiger partial charge >= 0.3 is 0 Å². The highest BCUT2D eigenvalue weighted by molar-refractivity contribution is 7.89. The lowest BCUT2D eigenvalue weighted by atomic mass is 10.2. The highest BCUT2D eigenvalue weighted by Gasteiger charge is 2.26. The van der Waals surface area contributed by atoms with E-state index in [9.17, 15) is 8.42 Å². The number of hydrogen-bond acceptors (Lipinski definition) is 6. The Morgan fingerprint density at radius 1 is 1.17 bits per heavy atom. The SMILES string of the molecule is COc1cc(Cl)c(C)cc1NCCOc1ccc(S(=O)(=O)N2CCOCC2)cc1. The molecule has 0 bridgehead atoms. The summed E-state index contributed by atoms with van der Waals surface area (Å²) in [6.07, 6.45) is 0. The number of nitrogens with zero attached hydrogens (tertiary/aromatic N) is 1. The maximum atomic E-state index is 12.6. The van der Waals surface area contributed by atoms with Gasteiger partial charge in [0.05, 0.1) is 30.9 Å². The number of sulfonamides is 1. The van der Waals surface area contributed by atoms with Crippen molar-refractivity contribution in [3.8, 4) is 11.5 Å². The molecule has 1 N–H and O–H groups in total. The lowest BCUT2D eigenvalue weighted by molar-refractivity contribution is 0.0730. The van der Waals surface area contributed by atoms with Gasteiger partial charge in [0.15, 0.2) is 0 Å². The zero-order valence-electron chi connectivity index (χ0n) is 16.5. The van der Waals surface area contributed by atoms with E-state index in [2.05, 4.69) is 5.32 Å². The Morgan fingerprint density at radius 2 is 1.86 bits per heavy atom. The molecular weight excluding hydrogens is 416 g/mol. The Bertz CT molecular complexity index is 929. The molecule has 1 aliphatic rings. The van der Waals surface area contributed by atoms with Crippen LogP contribution in [-0.4, -0.2) is 59.3 Å². The van der Waals surface area contributed by atoms with Gasteiger partial charge in [-0.2, -0.15) is 4.31 Å². The molecular formula is C20H25ClN2O5S. The highest BCUT2D eigenvalue weighted by atomic mass is 35.5. The molecule has 9 heteroatoms. The van der Waals surface area contributed by atoms with E-state index in [1.165, 1.54) is 4.31 Å². The van der Waals surface area contributed by atoms with E-state index in [-0.39, 0.29) is 4.90 Å². The minimum atomic E-state index is -3.49. The van der Waals surface area contributed by atoms with Crippen LogP contribution in [0.2, 0.25) is 5.02 Å². The van der Waals surface area contributed by atoms with Crippen molar-refractivity contribution < 1.29 is 22.6 Å². The van der Waals surface area contributed by atoms with Crippen LogP contribution in [0, 0.1) is 6.92 Å². The van der Waals surface area contributed by atoms with Crippen molar-refractivity contribution in [3.63, 3.8) is 0 Å². The van der Waals surface area contributed by atoms with E-state index in [0.29, 0.717) is 56.0 Å². The lowest BCUT2D eigenvalue weighted by Crippen LogP contribution is -2.40. The number of benzene rings is 2. The zero-order valence-corrected chi connectivity index (χ0v) is 18.1. The smallest absolute Gasteiger partial charge is 0.243 e. The minimum absolute atomic E-state index is 0.256. The van der Waals surface area contributed by atoms with Crippen molar-refractivity contribution in [3.05, 3.63) is 47.0 Å². The van der Waals surface area contributed by atoms with E-state index in [1.54, 1.807) is 37.4 Å². The van der Waals surface area contributed by atoms with Gasteiger partial charge in [0.1, 0.15) is 18.1 Å². The average molecular weight is 441 g/mol. The molecule has 1 heterocycles. The van der Waals surface area contributed by atoms with Crippen LogP contribution in [-0.2, 0) is 14.8 Å². The summed E-state index contributed by atoms with van der Waals surface area (Å²) in [5.41, 5.74) is 1.79. The third-order valence-corrected chi connectivity index (χ3v) is 6.92. The summed E-state index contributed by atoms with van der Waals surface area (Å²) >= 11 is 6.12. The predicted octanol–water partition coefficient (Wildman–Crippen LogP) is 3.17. The second-order valence-corrected chi connectivity index (χ2v) is 8.91. The molecule has 2 aromatic carbocycles. The van der Waals surface area contributed by atoms with Crippen LogP contribution in [0.4, 0.5) is 5.69 Å². The predicted molar refractivity (Wildman–Crippen MR) is 113 cm³/mol. The van der Waals surface area contributed by atoms with Crippen molar-refractivity contribution in [1.29, 1.82) is 0 Å². The third-order valence-electron chi connectivity index (χ3n) is 4.60. The third kappa shape index (κ3) is 5.33. The summed E-state index contributed by atoms with van der Waals surface area (Å²) in [6, 6.07) is 10.2. The molecule has 0 atom stereocenters. The Hall–Kier alpha value is -2.00. The van der Waals surface area contributed by atoms with Crippen molar-refractivity contribution in [2.75, 3.05) is 51.9 Å². The van der Waals surface area contributed by atoms with Gasteiger partial charge in [0.25, 0.3) is 0 Å². The zero-order chi connectivity index (χ0) is 20.9. The number of methoxy groups -OCH3 is 1. The Balaban J connectivity index is 1.54. The first-order chi connectivity index (χ1) is 13.9. The van der Waals surface area contributed by atoms with Gasteiger partial charge in [0.2, 0.25) is 10.0 Å². The number of rotatable bonds is 8. The molecule has 1 fully saturated rings. The number of nitrogens with one attached hydrogen (secondary N) is 1. The Kier molecular flexibility index (Phi) is 7.23.